The summed E-state index contributed by atoms with van der Waals surface area (Å²) in [5.41, 5.74) is 6.20. The predicted octanol–water partition coefficient (Wildman–Crippen LogP) is 0.856. The minimum atomic E-state index is -0.376. The van der Waals surface area contributed by atoms with Gasteiger partial charge in [0.15, 0.2) is 0 Å². The molecule has 1 aromatic rings. The van der Waals surface area contributed by atoms with Gasteiger partial charge in [0.25, 0.3) is 0 Å². The lowest BCUT2D eigenvalue weighted by Crippen LogP contribution is -2.45. The molecule has 0 aliphatic carbocycles. The van der Waals surface area contributed by atoms with Crippen LogP contribution in [0.1, 0.15) is 18.4 Å². The molecule has 1 aromatic carbocycles. The molecular formula is C15H21ClFN3O2. The molecule has 0 saturated carbocycles. The van der Waals surface area contributed by atoms with Crippen molar-refractivity contribution in [3.05, 3.63) is 35.6 Å². The zero-order chi connectivity index (χ0) is 15.2. The number of likely N-dealkylation sites (tertiary alicyclic amines) is 1. The number of carbonyl (C=O) groups is 2. The maximum atomic E-state index is 13.0. The van der Waals surface area contributed by atoms with E-state index < -0.39 is 0 Å². The third-order valence-electron chi connectivity index (χ3n) is 3.66. The fourth-order valence-corrected chi connectivity index (χ4v) is 2.58. The molecule has 0 radical (unpaired) electrons. The van der Waals surface area contributed by atoms with E-state index in [1.54, 1.807) is 17.0 Å². The van der Waals surface area contributed by atoms with Crippen molar-refractivity contribution in [2.45, 2.75) is 25.3 Å². The second-order valence-electron chi connectivity index (χ2n) is 5.20. The van der Waals surface area contributed by atoms with Gasteiger partial charge in [0.2, 0.25) is 11.8 Å². The maximum Gasteiger partial charge on any atom is 0.242 e. The van der Waals surface area contributed by atoms with Crippen LogP contribution in [-0.2, 0) is 16.0 Å². The quantitative estimate of drug-likeness (QED) is 0.841. The lowest BCUT2D eigenvalue weighted by molar-refractivity contribution is -0.133. The molecule has 122 valence electrons. The van der Waals surface area contributed by atoms with Gasteiger partial charge in [0, 0.05) is 19.1 Å². The minimum absolute atomic E-state index is 0. The van der Waals surface area contributed by atoms with Crippen LogP contribution in [0.25, 0.3) is 0 Å². The summed E-state index contributed by atoms with van der Waals surface area (Å²) in [4.78, 5) is 25.5. The SMILES string of the molecule is Cl.NCC1CCCN1C(=O)CNC(=O)Cc1cccc(F)c1. The molecule has 3 N–H and O–H groups in total. The van der Waals surface area contributed by atoms with E-state index in [-0.39, 0.29) is 49.0 Å². The number of hydrogen-bond donors (Lipinski definition) is 2. The normalized spacial score (nSPS) is 17.0. The molecule has 1 atom stereocenters. The zero-order valence-electron chi connectivity index (χ0n) is 12.3. The number of amides is 2. The summed E-state index contributed by atoms with van der Waals surface area (Å²) < 4.78 is 13.0. The smallest absolute Gasteiger partial charge is 0.242 e. The summed E-state index contributed by atoms with van der Waals surface area (Å²) in [5.74, 6) is -0.785. The van der Waals surface area contributed by atoms with Crippen LogP contribution in [0.5, 0.6) is 0 Å². The Morgan fingerprint density at radius 1 is 1.41 bits per heavy atom. The molecule has 7 heteroatoms. The second kappa shape index (κ2) is 8.70. The molecule has 1 saturated heterocycles. The van der Waals surface area contributed by atoms with Gasteiger partial charge in [0.1, 0.15) is 5.82 Å². The number of halogens is 2. The van der Waals surface area contributed by atoms with Crippen LogP contribution < -0.4 is 11.1 Å². The van der Waals surface area contributed by atoms with Gasteiger partial charge in [-0.2, -0.15) is 0 Å². The Bertz CT molecular complexity index is 527. The number of nitrogens with one attached hydrogen (secondary N) is 1. The molecule has 0 bridgehead atoms. The third kappa shape index (κ3) is 4.96. The van der Waals surface area contributed by atoms with Crippen LogP contribution in [-0.4, -0.2) is 42.4 Å². The molecule has 1 heterocycles. The standard InChI is InChI=1S/C15H20FN3O2.ClH/c16-12-4-1-3-11(7-12)8-14(20)18-10-15(21)19-6-2-5-13(19)9-17;/h1,3-4,7,13H,2,5-6,8-10,17H2,(H,18,20);1H. The van der Waals surface area contributed by atoms with Gasteiger partial charge in [-0.3, -0.25) is 9.59 Å². The molecule has 5 nitrogen and oxygen atoms in total. The topological polar surface area (TPSA) is 75.4 Å². The number of nitrogens with two attached hydrogens (primary N) is 1. The van der Waals surface area contributed by atoms with Crippen LogP contribution in [0.4, 0.5) is 4.39 Å². The molecule has 1 aliphatic heterocycles. The van der Waals surface area contributed by atoms with E-state index in [2.05, 4.69) is 5.32 Å². The minimum Gasteiger partial charge on any atom is -0.347 e. The highest BCUT2D eigenvalue weighted by atomic mass is 35.5. The van der Waals surface area contributed by atoms with Crippen LogP contribution in [0.2, 0.25) is 0 Å². The summed E-state index contributed by atoms with van der Waals surface area (Å²) >= 11 is 0. The van der Waals surface area contributed by atoms with Crippen molar-refractivity contribution >= 4 is 24.2 Å². The first-order chi connectivity index (χ1) is 10.1. The lowest BCUT2D eigenvalue weighted by Gasteiger charge is -2.23. The maximum absolute atomic E-state index is 13.0. The Labute approximate surface area is 135 Å². The van der Waals surface area contributed by atoms with Gasteiger partial charge < -0.3 is 16.0 Å². The van der Waals surface area contributed by atoms with Gasteiger partial charge in [-0.25, -0.2) is 4.39 Å². The lowest BCUT2D eigenvalue weighted by atomic mass is 10.1. The van der Waals surface area contributed by atoms with E-state index >= 15 is 0 Å². The number of benzene rings is 1. The van der Waals surface area contributed by atoms with Crippen LogP contribution >= 0.6 is 12.4 Å². The molecule has 22 heavy (non-hydrogen) atoms. The first-order valence-electron chi connectivity index (χ1n) is 7.11. The summed E-state index contributed by atoms with van der Waals surface area (Å²) in [7, 11) is 0. The zero-order valence-corrected chi connectivity index (χ0v) is 13.1. The van der Waals surface area contributed by atoms with Crippen molar-refractivity contribution in [3.63, 3.8) is 0 Å². The molecule has 0 spiro atoms. The third-order valence-corrected chi connectivity index (χ3v) is 3.66. The highest BCUT2D eigenvalue weighted by Gasteiger charge is 2.27. The summed E-state index contributed by atoms with van der Waals surface area (Å²) in [5, 5.41) is 2.58. The molecule has 1 fully saturated rings. The van der Waals surface area contributed by atoms with Crippen molar-refractivity contribution in [1.82, 2.24) is 10.2 Å². The molecule has 1 aliphatic rings. The molecule has 2 amide bonds. The molecular weight excluding hydrogens is 309 g/mol. The Hall–Kier alpha value is -1.66. The summed E-state index contributed by atoms with van der Waals surface area (Å²) in [6.07, 6.45) is 1.93. The monoisotopic (exact) mass is 329 g/mol. The number of carbonyl (C=O) groups excluding carboxylic acids is 2. The van der Waals surface area contributed by atoms with Gasteiger partial charge in [-0.1, -0.05) is 12.1 Å². The number of rotatable bonds is 5. The van der Waals surface area contributed by atoms with Gasteiger partial charge >= 0.3 is 0 Å². The van der Waals surface area contributed by atoms with E-state index in [0.29, 0.717) is 18.7 Å². The Balaban J connectivity index is 0.00000242. The van der Waals surface area contributed by atoms with E-state index in [0.717, 1.165) is 12.8 Å². The highest BCUT2D eigenvalue weighted by Crippen LogP contribution is 2.15. The van der Waals surface area contributed by atoms with Crippen LogP contribution in [0.3, 0.4) is 0 Å². The van der Waals surface area contributed by atoms with Crippen LogP contribution in [0.15, 0.2) is 24.3 Å². The summed E-state index contributed by atoms with van der Waals surface area (Å²) in [6, 6.07) is 5.95. The average molecular weight is 330 g/mol. The first-order valence-corrected chi connectivity index (χ1v) is 7.11. The van der Waals surface area contributed by atoms with E-state index in [1.807, 2.05) is 0 Å². The second-order valence-corrected chi connectivity index (χ2v) is 5.20. The van der Waals surface area contributed by atoms with Crippen molar-refractivity contribution < 1.29 is 14.0 Å². The fourth-order valence-electron chi connectivity index (χ4n) is 2.58. The van der Waals surface area contributed by atoms with Gasteiger partial charge in [-0.15, -0.1) is 12.4 Å². The largest absolute Gasteiger partial charge is 0.347 e. The summed E-state index contributed by atoms with van der Waals surface area (Å²) in [6.45, 7) is 1.11. The average Bonchev–Trinajstić information content (AvgIpc) is 2.93. The predicted molar refractivity (Wildman–Crippen MR) is 84.2 cm³/mol. The van der Waals surface area contributed by atoms with E-state index in [9.17, 15) is 14.0 Å². The Morgan fingerprint density at radius 3 is 2.86 bits per heavy atom. The Morgan fingerprint density at radius 2 is 2.18 bits per heavy atom. The van der Waals surface area contributed by atoms with E-state index in [1.165, 1.54) is 12.1 Å². The number of hydrogen-bond acceptors (Lipinski definition) is 3. The molecule has 2 rings (SSSR count). The Kier molecular flexibility index (Phi) is 7.27. The highest BCUT2D eigenvalue weighted by molar-refractivity contribution is 5.86. The van der Waals surface area contributed by atoms with Gasteiger partial charge in [-0.05, 0) is 30.5 Å². The van der Waals surface area contributed by atoms with Gasteiger partial charge in [0.05, 0.1) is 13.0 Å². The van der Waals surface area contributed by atoms with Crippen molar-refractivity contribution in [3.8, 4) is 0 Å². The van der Waals surface area contributed by atoms with Crippen molar-refractivity contribution in [2.24, 2.45) is 5.73 Å². The van der Waals surface area contributed by atoms with Crippen molar-refractivity contribution in [2.75, 3.05) is 19.6 Å². The first kappa shape index (κ1) is 18.4. The van der Waals surface area contributed by atoms with Crippen LogP contribution in [0, 0.1) is 5.82 Å². The molecule has 1 unspecified atom stereocenters. The van der Waals surface area contributed by atoms with Crippen molar-refractivity contribution in [1.29, 1.82) is 0 Å². The number of nitrogens with zero attached hydrogens (tertiary/aromatic N) is 1. The fraction of sp³-hybridized carbons (Fsp3) is 0.467. The van der Waals surface area contributed by atoms with E-state index in [4.69, 9.17) is 5.73 Å². The molecule has 0 aromatic heterocycles.